The summed E-state index contributed by atoms with van der Waals surface area (Å²) in [6.45, 7) is 5.61. The Morgan fingerprint density at radius 1 is 1.31 bits per heavy atom. The molecule has 2 unspecified atom stereocenters. The summed E-state index contributed by atoms with van der Waals surface area (Å²) in [7, 11) is 1.72. The third-order valence-corrected chi connectivity index (χ3v) is 3.51. The molecular weight excluding hydrogens is 198 g/mol. The molecule has 0 saturated carbocycles. The molecule has 0 aliphatic carbocycles. The second-order valence-electron chi connectivity index (χ2n) is 4.87. The van der Waals surface area contributed by atoms with Crippen molar-refractivity contribution in [1.82, 2.24) is 5.32 Å². The molecule has 16 heavy (non-hydrogen) atoms. The van der Waals surface area contributed by atoms with Gasteiger partial charge in [-0.2, -0.15) is 0 Å². The Morgan fingerprint density at radius 2 is 2.12 bits per heavy atom. The molecule has 0 radical (unpaired) electrons. The van der Waals surface area contributed by atoms with Crippen LogP contribution in [0.4, 0.5) is 0 Å². The van der Waals surface area contributed by atoms with Gasteiger partial charge in [0.1, 0.15) is 5.75 Å². The standard InChI is InChI=1S/C14H21NO/c1-10-4-7-14(15-9-10)13-6-5-12(16-3)8-11(13)2/h5-6,8,10,14-15H,4,7,9H2,1-3H3. The number of methoxy groups -OCH3 is 1. The molecule has 1 aromatic carbocycles. The van der Waals surface area contributed by atoms with Crippen LogP contribution in [-0.4, -0.2) is 13.7 Å². The molecule has 1 N–H and O–H groups in total. The van der Waals surface area contributed by atoms with E-state index in [-0.39, 0.29) is 0 Å². The lowest BCUT2D eigenvalue weighted by molar-refractivity contribution is 0.332. The normalized spacial score (nSPS) is 25.4. The summed E-state index contributed by atoms with van der Waals surface area (Å²) in [5.41, 5.74) is 2.75. The molecule has 2 rings (SSSR count). The first kappa shape index (κ1) is 11.5. The van der Waals surface area contributed by atoms with Crippen LogP contribution in [0.5, 0.6) is 5.75 Å². The molecule has 0 amide bonds. The van der Waals surface area contributed by atoms with Crippen molar-refractivity contribution in [2.24, 2.45) is 5.92 Å². The van der Waals surface area contributed by atoms with Crippen LogP contribution in [0.25, 0.3) is 0 Å². The molecule has 1 aliphatic rings. The zero-order valence-corrected chi connectivity index (χ0v) is 10.4. The predicted octanol–water partition coefficient (Wildman–Crippen LogP) is 3.06. The molecule has 1 aliphatic heterocycles. The van der Waals surface area contributed by atoms with Crippen LogP contribution in [-0.2, 0) is 0 Å². The van der Waals surface area contributed by atoms with E-state index in [9.17, 15) is 0 Å². The topological polar surface area (TPSA) is 21.3 Å². The molecule has 0 aromatic heterocycles. The molecule has 0 bridgehead atoms. The molecule has 1 aromatic rings. The van der Waals surface area contributed by atoms with Crippen LogP contribution in [0.2, 0.25) is 0 Å². The van der Waals surface area contributed by atoms with E-state index in [4.69, 9.17) is 4.74 Å². The van der Waals surface area contributed by atoms with Gasteiger partial charge in [-0.05, 0) is 55.5 Å². The quantitative estimate of drug-likeness (QED) is 0.825. The highest BCUT2D eigenvalue weighted by atomic mass is 16.5. The van der Waals surface area contributed by atoms with Crippen LogP contribution in [0, 0.1) is 12.8 Å². The van der Waals surface area contributed by atoms with Gasteiger partial charge >= 0.3 is 0 Å². The fourth-order valence-corrected chi connectivity index (χ4v) is 2.43. The van der Waals surface area contributed by atoms with E-state index in [0.29, 0.717) is 6.04 Å². The third-order valence-electron chi connectivity index (χ3n) is 3.51. The summed E-state index contributed by atoms with van der Waals surface area (Å²) in [5, 5.41) is 3.62. The molecule has 2 atom stereocenters. The highest BCUT2D eigenvalue weighted by molar-refractivity contribution is 5.36. The highest BCUT2D eigenvalue weighted by Gasteiger charge is 2.20. The Labute approximate surface area is 98.0 Å². The average Bonchev–Trinajstić information content (AvgIpc) is 2.30. The zero-order chi connectivity index (χ0) is 11.5. The minimum Gasteiger partial charge on any atom is -0.497 e. The second kappa shape index (κ2) is 4.88. The van der Waals surface area contributed by atoms with Crippen LogP contribution in [0.3, 0.4) is 0 Å². The van der Waals surface area contributed by atoms with Crippen molar-refractivity contribution >= 4 is 0 Å². The van der Waals surface area contributed by atoms with E-state index in [2.05, 4.69) is 37.4 Å². The number of rotatable bonds is 2. The van der Waals surface area contributed by atoms with Crippen molar-refractivity contribution in [2.75, 3.05) is 13.7 Å². The Hall–Kier alpha value is -1.02. The Bertz CT molecular complexity index is 354. The van der Waals surface area contributed by atoms with Gasteiger partial charge in [0, 0.05) is 6.04 Å². The van der Waals surface area contributed by atoms with Gasteiger partial charge < -0.3 is 10.1 Å². The number of aryl methyl sites for hydroxylation is 1. The van der Waals surface area contributed by atoms with Crippen LogP contribution in [0.1, 0.15) is 36.9 Å². The molecule has 0 spiro atoms. The molecule has 1 heterocycles. The Morgan fingerprint density at radius 3 is 2.69 bits per heavy atom. The Kier molecular flexibility index (Phi) is 3.49. The predicted molar refractivity (Wildman–Crippen MR) is 66.9 cm³/mol. The summed E-state index contributed by atoms with van der Waals surface area (Å²) < 4.78 is 5.23. The maximum atomic E-state index is 5.23. The van der Waals surface area contributed by atoms with Gasteiger partial charge in [0.25, 0.3) is 0 Å². The fourth-order valence-electron chi connectivity index (χ4n) is 2.43. The van der Waals surface area contributed by atoms with Crippen LogP contribution >= 0.6 is 0 Å². The van der Waals surface area contributed by atoms with Crippen molar-refractivity contribution in [3.8, 4) is 5.75 Å². The van der Waals surface area contributed by atoms with Crippen molar-refractivity contribution in [3.05, 3.63) is 29.3 Å². The van der Waals surface area contributed by atoms with Gasteiger partial charge in [-0.15, -0.1) is 0 Å². The van der Waals surface area contributed by atoms with E-state index in [0.717, 1.165) is 18.2 Å². The van der Waals surface area contributed by atoms with Crippen LogP contribution < -0.4 is 10.1 Å². The smallest absolute Gasteiger partial charge is 0.119 e. The van der Waals surface area contributed by atoms with Gasteiger partial charge in [-0.1, -0.05) is 13.0 Å². The maximum absolute atomic E-state index is 5.23. The van der Waals surface area contributed by atoms with E-state index in [1.807, 2.05) is 0 Å². The minimum atomic E-state index is 0.530. The number of hydrogen-bond donors (Lipinski definition) is 1. The summed E-state index contributed by atoms with van der Waals surface area (Å²) >= 11 is 0. The molecule has 2 heteroatoms. The van der Waals surface area contributed by atoms with Gasteiger partial charge in [0.15, 0.2) is 0 Å². The number of ether oxygens (including phenoxy) is 1. The fraction of sp³-hybridized carbons (Fsp3) is 0.571. The zero-order valence-electron chi connectivity index (χ0n) is 10.4. The first-order chi connectivity index (χ1) is 7.70. The highest BCUT2D eigenvalue weighted by Crippen LogP contribution is 2.29. The van der Waals surface area contributed by atoms with E-state index in [1.165, 1.54) is 24.0 Å². The average molecular weight is 219 g/mol. The van der Waals surface area contributed by atoms with Gasteiger partial charge in [-0.25, -0.2) is 0 Å². The van der Waals surface area contributed by atoms with E-state index < -0.39 is 0 Å². The number of nitrogens with one attached hydrogen (secondary N) is 1. The lowest BCUT2D eigenvalue weighted by atomic mass is 9.90. The van der Waals surface area contributed by atoms with Crippen molar-refractivity contribution in [3.63, 3.8) is 0 Å². The number of hydrogen-bond acceptors (Lipinski definition) is 2. The van der Waals surface area contributed by atoms with Gasteiger partial charge in [-0.3, -0.25) is 0 Å². The van der Waals surface area contributed by atoms with Crippen molar-refractivity contribution < 1.29 is 4.74 Å². The number of piperidine rings is 1. The Balaban J connectivity index is 2.14. The maximum Gasteiger partial charge on any atom is 0.119 e. The van der Waals surface area contributed by atoms with Crippen molar-refractivity contribution in [2.45, 2.75) is 32.7 Å². The van der Waals surface area contributed by atoms with Gasteiger partial charge in [0.05, 0.1) is 7.11 Å². The lowest BCUT2D eigenvalue weighted by Crippen LogP contribution is -2.32. The minimum absolute atomic E-state index is 0.530. The third kappa shape index (κ3) is 2.38. The molecule has 88 valence electrons. The summed E-state index contributed by atoms with van der Waals surface area (Å²) in [5.74, 6) is 1.76. The molecule has 1 saturated heterocycles. The first-order valence-corrected chi connectivity index (χ1v) is 6.08. The SMILES string of the molecule is COc1ccc(C2CCC(C)CN2)c(C)c1. The molecule has 1 fully saturated rings. The van der Waals surface area contributed by atoms with Crippen LogP contribution in [0.15, 0.2) is 18.2 Å². The monoisotopic (exact) mass is 219 g/mol. The van der Waals surface area contributed by atoms with E-state index >= 15 is 0 Å². The van der Waals surface area contributed by atoms with Gasteiger partial charge in [0.2, 0.25) is 0 Å². The number of benzene rings is 1. The first-order valence-electron chi connectivity index (χ1n) is 6.08. The lowest BCUT2D eigenvalue weighted by Gasteiger charge is -2.29. The molecule has 2 nitrogen and oxygen atoms in total. The van der Waals surface area contributed by atoms with Crippen molar-refractivity contribution in [1.29, 1.82) is 0 Å². The largest absolute Gasteiger partial charge is 0.497 e. The summed E-state index contributed by atoms with van der Waals surface area (Å²) in [6, 6.07) is 6.90. The van der Waals surface area contributed by atoms with E-state index in [1.54, 1.807) is 7.11 Å². The summed E-state index contributed by atoms with van der Waals surface area (Å²) in [4.78, 5) is 0. The summed E-state index contributed by atoms with van der Waals surface area (Å²) in [6.07, 6.45) is 2.57. The second-order valence-corrected chi connectivity index (χ2v) is 4.87. The molecular formula is C14H21NO.